The Morgan fingerprint density at radius 3 is 2.53 bits per heavy atom. The number of aromatic nitrogens is 3. The van der Waals surface area contributed by atoms with Crippen LogP contribution in [0.4, 0.5) is 23.0 Å². The minimum atomic E-state index is -0.225. The lowest BCUT2D eigenvalue weighted by Crippen LogP contribution is -2.44. The zero-order chi connectivity index (χ0) is 25.1. The van der Waals surface area contributed by atoms with Crippen LogP contribution in [-0.2, 0) is 11.5 Å². The van der Waals surface area contributed by atoms with Crippen molar-refractivity contribution in [3.63, 3.8) is 0 Å². The predicted molar refractivity (Wildman–Crippen MR) is 140 cm³/mol. The first-order valence-corrected chi connectivity index (χ1v) is 11.8. The van der Waals surface area contributed by atoms with Gasteiger partial charge >= 0.3 is 0 Å². The van der Waals surface area contributed by atoms with Crippen LogP contribution in [0.5, 0.6) is 11.6 Å². The van der Waals surface area contributed by atoms with E-state index in [4.69, 9.17) is 4.74 Å². The van der Waals surface area contributed by atoms with Gasteiger partial charge in [-0.3, -0.25) is 4.79 Å². The van der Waals surface area contributed by atoms with Gasteiger partial charge in [0.25, 0.3) is 0 Å². The lowest BCUT2D eigenvalue weighted by Gasteiger charge is -2.34. The summed E-state index contributed by atoms with van der Waals surface area (Å²) in [6.07, 6.45) is 1.73. The topological polar surface area (TPSA) is 108 Å². The Morgan fingerprint density at radius 2 is 1.81 bits per heavy atom. The molecule has 3 heterocycles. The fourth-order valence-corrected chi connectivity index (χ4v) is 4.19. The quantitative estimate of drug-likeness (QED) is 0.363. The molecular formula is C26H29N7O3. The summed E-state index contributed by atoms with van der Waals surface area (Å²) in [6, 6.07) is 17.1. The molecule has 0 bridgehead atoms. The number of nitrogens with zero attached hydrogens (tertiary/aromatic N) is 5. The van der Waals surface area contributed by atoms with Gasteiger partial charge in [0, 0.05) is 62.4 Å². The van der Waals surface area contributed by atoms with Crippen LogP contribution in [0.15, 0.2) is 60.8 Å². The molecule has 0 spiro atoms. The van der Waals surface area contributed by atoms with Gasteiger partial charge in [0.1, 0.15) is 12.5 Å². The molecule has 2 aromatic carbocycles. The van der Waals surface area contributed by atoms with Crippen molar-refractivity contribution in [2.75, 3.05) is 48.8 Å². The van der Waals surface area contributed by atoms with Gasteiger partial charge < -0.3 is 34.8 Å². The van der Waals surface area contributed by atoms with Crippen LogP contribution in [0.3, 0.4) is 0 Å². The molecular weight excluding hydrogens is 458 g/mol. The molecule has 36 heavy (non-hydrogen) atoms. The molecule has 0 radical (unpaired) electrons. The molecule has 0 unspecified atom stereocenters. The first kappa shape index (κ1) is 23.6. The van der Waals surface area contributed by atoms with Gasteiger partial charge in [-0.25, -0.2) is 0 Å². The third-order valence-corrected chi connectivity index (χ3v) is 6.10. The Bertz CT molecular complexity index is 1360. The second-order valence-electron chi connectivity index (χ2n) is 8.79. The van der Waals surface area contributed by atoms with E-state index in [-0.39, 0.29) is 12.6 Å². The number of benzene rings is 2. The maximum Gasteiger partial charge on any atom is 0.233 e. The number of hydrogen-bond donors (Lipinski definition) is 3. The summed E-state index contributed by atoms with van der Waals surface area (Å²) in [4.78, 5) is 25.3. The highest BCUT2D eigenvalue weighted by molar-refractivity contribution is 5.89. The third kappa shape index (κ3) is 5.24. The molecule has 10 nitrogen and oxygen atoms in total. The van der Waals surface area contributed by atoms with E-state index in [1.165, 1.54) is 12.6 Å². The molecule has 1 aliphatic heterocycles. The van der Waals surface area contributed by atoms with Crippen LogP contribution in [0.2, 0.25) is 0 Å². The number of aliphatic hydroxyl groups excluding tert-OH is 1. The lowest BCUT2D eigenvalue weighted by molar-refractivity contribution is -0.114. The van der Waals surface area contributed by atoms with E-state index < -0.39 is 0 Å². The van der Waals surface area contributed by atoms with Crippen molar-refractivity contribution in [1.82, 2.24) is 19.4 Å². The Labute approximate surface area is 209 Å². The first-order valence-electron chi connectivity index (χ1n) is 11.8. The number of carbonyl (C=O) groups excluding carboxylic acids is 1. The minimum Gasteiger partial charge on any atom is -0.438 e. The van der Waals surface area contributed by atoms with Gasteiger partial charge in [-0.15, -0.1) is 0 Å². The molecule has 0 saturated carbocycles. The molecule has 1 aliphatic rings. The summed E-state index contributed by atoms with van der Waals surface area (Å²) < 4.78 is 7.72. The summed E-state index contributed by atoms with van der Waals surface area (Å²) in [5, 5.41) is 16.4. The maximum absolute atomic E-state index is 11.4. The van der Waals surface area contributed by atoms with E-state index in [1.807, 2.05) is 12.1 Å². The number of aliphatic hydroxyl groups is 1. The van der Waals surface area contributed by atoms with Gasteiger partial charge in [-0.1, -0.05) is 6.07 Å². The standard InChI is InChI=1S/C26H29N7O3/c1-18(35)27-20-4-3-5-22(16-20)36-25-23-10-11-33(17-34)24(23)29-26(30-25)28-19-6-8-21(9-7-19)32-14-12-31(2)13-15-32/h3-11,16,34H,12-15,17H2,1-2H3,(H,27,35)(H,28,29,30). The first-order chi connectivity index (χ1) is 17.5. The molecule has 186 valence electrons. The number of ether oxygens (including phenoxy) is 1. The Kier molecular flexibility index (Phi) is 6.70. The summed E-state index contributed by atoms with van der Waals surface area (Å²) in [7, 11) is 2.14. The maximum atomic E-state index is 11.4. The third-order valence-electron chi connectivity index (χ3n) is 6.10. The molecule has 5 rings (SSSR count). The zero-order valence-electron chi connectivity index (χ0n) is 20.3. The summed E-state index contributed by atoms with van der Waals surface area (Å²) in [6.45, 7) is 5.34. The number of likely N-dealkylation sites (N-methyl/N-ethyl adjacent to an activating group) is 1. The molecule has 1 amide bonds. The van der Waals surface area contributed by atoms with Crippen LogP contribution >= 0.6 is 0 Å². The minimum absolute atomic E-state index is 0.165. The van der Waals surface area contributed by atoms with E-state index in [0.717, 1.165) is 31.9 Å². The smallest absolute Gasteiger partial charge is 0.233 e. The number of piperazine rings is 1. The number of rotatable bonds is 7. The number of carbonyl (C=O) groups is 1. The molecule has 0 atom stereocenters. The van der Waals surface area contributed by atoms with Gasteiger partial charge in [-0.2, -0.15) is 9.97 Å². The highest BCUT2D eigenvalue weighted by atomic mass is 16.5. The van der Waals surface area contributed by atoms with Gasteiger partial charge in [0.2, 0.25) is 17.7 Å². The van der Waals surface area contributed by atoms with E-state index in [0.29, 0.717) is 34.3 Å². The Hall–Kier alpha value is -4.15. The van der Waals surface area contributed by atoms with Gasteiger partial charge in [-0.05, 0) is 49.5 Å². The summed E-state index contributed by atoms with van der Waals surface area (Å²) in [5.41, 5.74) is 3.18. The molecule has 1 fully saturated rings. The number of anilines is 4. The Balaban J connectivity index is 1.40. The SMILES string of the molecule is CC(=O)Nc1cccc(Oc2nc(Nc3ccc(N4CCN(C)CC4)cc3)nc3c2ccn3CO)c1. The normalized spacial score (nSPS) is 14.1. The molecule has 4 aromatic rings. The van der Waals surface area contributed by atoms with Crippen LogP contribution in [0, 0.1) is 0 Å². The van der Waals surface area contributed by atoms with Crippen LogP contribution in [-0.4, -0.2) is 63.7 Å². The summed E-state index contributed by atoms with van der Waals surface area (Å²) >= 11 is 0. The Morgan fingerprint density at radius 1 is 1.03 bits per heavy atom. The van der Waals surface area contributed by atoms with E-state index in [1.54, 1.807) is 41.1 Å². The fourth-order valence-electron chi connectivity index (χ4n) is 4.19. The number of nitrogens with one attached hydrogen (secondary N) is 2. The van der Waals surface area contributed by atoms with Crippen molar-refractivity contribution in [3.8, 4) is 11.6 Å². The monoisotopic (exact) mass is 487 g/mol. The summed E-state index contributed by atoms with van der Waals surface area (Å²) in [5.74, 6) is 1.03. The van der Waals surface area contributed by atoms with Crippen molar-refractivity contribution in [3.05, 3.63) is 60.8 Å². The van der Waals surface area contributed by atoms with E-state index >= 15 is 0 Å². The zero-order valence-corrected chi connectivity index (χ0v) is 20.3. The number of hydrogen-bond acceptors (Lipinski definition) is 8. The fraction of sp³-hybridized carbons (Fsp3) is 0.269. The van der Waals surface area contributed by atoms with Crippen molar-refractivity contribution < 1.29 is 14.6 Å². The highest BCUT2D eigenvalue weighted by Crippen LogP contribution is 2.31. The molecule has 1 saturated heterocycles. The molecule has 0 aliphatic carbocycles. The molecule has 3 N–H and O–H groups in total. The van der Waals surface area contributed by atoms with Crippen molar-refractivity contribution in [1.29, 1.82) is 0 Å². The van der Waals surface area contributed by atoms with Crippen molar-refractivity contribution >= 4 is 40.0 Å². The average molecular weight is 488 g/mol. The van der Waals surface area contributed by atoms with Crippen LogP contribution < -0.4 is 20.3 Å². The molecule has 2 aromatic heterocycles. The highest BCUT2D eigenvalue weighted by Gasteiger charge is 2.16. The van der Waals surface area contributed by atoms with Crippen LogP contribution in [0.1, 0.15) is 6.92 Å². The lowest BCUT2D eigenvalue weighted by atomic mass is 10.2. The molecule has 10 heteroatoms. The van der Waals surface area contributed by atoms with E-state index in [9.17, 15) is 9.90 Å². The average Bonchev–Trinajstić information content (AvgIpc) is 3.28. The van der Waals surface area contributed by atoms with Gasteiger partial charge in [0.05, 0.1) is 5.39 Å². The number of fused-ring (bicyclic) bond motifs is 1. The second-order valence-corrected chi connectivity index (χ2v) is 8.79. The second kappa shape index (κ2) is 10.2. The number of amides is 1. The van der Waals surface area contributed by atoms with Crippen LogP contribution in [0.25, 0.3) is 11.0 Å². The van der Waals surface area contributed by atoms with Crippen molar-refractivity contribution in [2.45, 2.75) is 13.7 Å². The van der Waals surface area contributed by atoms with E-state index in [2.05, 4.69) is 49.6 Å². The van der Waals surface area contributed by atoms with Crippen molar-refractivity contribution in [2.24, 2.45) is 0 Å². The largest absolute Gasteiger partial charge is 0.438 e. The van der Waals surface area contributed by atoms with Gasteiger partial charge in [0.15, 0.2) is 5.65 Å². The predicted octanol–water partition coefficient (Wildman–Crippen LogP) is 3.63.